The molecule has 1 rings (SSSR count). The first-order valence-corrected chi connectivity index (χ1v) is 11.1. The summed E-state index contributed by atoms with van der Waals surface area (Å²) in [6.07, 6.45) is 23.4. The summed E-state index contributed by atoms with van der Waals surface area (Å²) < 4.78 is 9.89. The van der Waals surface area contributed by atoms with Gasteiger partial charge in [-0.15, -0.1) is 0 Å². The number of rotatable bonds is 15. The van der Waals surface area contributed by atoms with E-state index in [1.165, 1.54) is 103 Å². The zero-order chi connectivity index (χ0) is 17.6. The molecular formula is C22H46O2. The van der Waals surface area contributed by atoms with Crippen molar-refractivity contribution in [2.45, 2.75) is 117 Å². The van der Waals surface area contributed by atoms with E-state index in [9.17, 15) is 0 Å². The molecule has 1 aliphatic rings. The molecule has 1 saturated heterocycles. The minimum absolute atomic E-state index is 0.778. The van der Waals surface area contributed by atoms with Crippen molar-refractivity contribution < 1.29 is 9.47 Å². The summed E-state index contributed by atoms with van der Waals surface area (Å²) in [7, 11) is 0. The Morgan fingerprint density at radius 1 is 0.375 bits per heavy atom. The van der Waals surface area contributed by atoms with Crippen LogP contribution in [0.1, 0.15) is 117 Å². The fourth-order valence-corrected chi connectivity index (χ4v) is 3.06. The van der Waals surface area contributed by atoms with Crippen LogP contribution in [-0.4, -0.2) is 26.4 Å². The van der Waals surface area contributed by atoms with Gasteiger partial charge in [-0.3, -0.25) is 0 Å². The average Bonchev–Trinajstić information content (AvgIpc) is 2.64. The Bertz CT molecular complexity index is 175. The SMILES string of the molecule is C1COCCO1.CCCCCCCCCCCCCCCCCC. The van der Waals surface area contributed by atoms with Crippen LogP contribution in [0.15, 0.2) is 0 Å². The van der Waals surface area contributed by atoms with Crippen molar-refractivity contribution in [3.05, 3.63) is 0 Å². The molecule has 1 heterocycles. The van der Waals surface area contributed by atoms with E-state index in [2.05, 4.69) is 13.8 Å². The fraction of sp³-hybridized carbons (Fsp3) is 1.00. The van der Waals surface area contributed by atoms with E-state index in [0.29, 0.717) is 0 Å². The third-order valence-corrected chi connectivity index (χ3v) is 4.70. The molecule has 0 N–H and O–H groups in total. The Balaban J connectivity index is 0.000000728. The summed E-state index contributed by atoms with van der Waals surface area (Å²) >= 11 is 0. The predicted molar refractivity (Wildman–Crippen MR) is 107 cm³/mol. The maximum atomic E-state index is 4.94. The van der Waals surface area contributed by atoms with Crippen LogP contribution in [-0.2, 0) is 9.47 Å². The molecule has 0 radical (unpaired) electrons. The number of hydrogen-bond acceptors (Lipinski definition) is 2. The van der Waals surface area contributed by atoms with E-state index in [1.807, 2.05) is 0 Å². The van der Waals surface area contributed by atoms with Crippen LogP contribution in [0.4, 0.5) is 0 Å². The van der Waals surface area contributed by atoms with Crippen LogP contribution >= 0.6 is 0 Å². The van der Waals surface area contributed by atoms with Crippen molar-refractivity contribution in [1.82, 2.24) is 0 Å². The van der Waals surface area contributed by atoms with Gasteiger partial charge < -0.3 is 9.47 Å². The van der Waals surface area contributed by atoms with Crippen molar-refractivity contribution in [2.24, 2.45) is 0 Å². The Morgan fingerprint density at radius 3 is 0.750 bits per heavy atom. The highest BCUT2D eigenvalue weighted by Crippen LogP contribution is 2.13. The summed E-state index contributed by atoms with van der Waals surface area (Å²) in [4.78, 5) is 0. The summed E-state index contributed by atoms with van der Waals surface area (Å²) in [6.45, 7) is 7.70. The first-order valence-electron chi connectivity index (χ1n) is 11.1. The van der Waals surface area contributed by atoms with Gasteiger partial charge in [0.05, 0.1) is 26.4 Å². The molecule has 0 aliphatic carbocycles. The lowest BCUT2D eigenvalue weighted by atomic mass is 10.0. The second kappa shape index (κ2) is 22.9. The topological polar surface area (TPSA) is 18.5 Å². The lowest BCUT2D eigenvalue weighted by Gasteiger charge is -2.09. The largest absolute Gasteiger partial charge is 0.377 e. The molecule has 0 saturated carbocycles. The molecule has 146 valence electrons. The van der Waals surface area contributed by atoms with Crippen molar-refractivity contribution >= 4 is 0 Å². The van der Waals surface area contributed by atoms with Crippen LogP contribution < -0.4 is 0 Å². The van der Waals surface area contributed by atoms with Gasteiger partial charge in [0.15, 0.2) is 0 Å². The molecule has 2 heteroatoms. The summed E-state index contributed by atoms with van der Waals surface area (Å²) in [6, 6.07) is 0. The maximum absolute atomic E-state index is 4.94. The third kappa shape index (κ3) is 21.9. The molecule has 0 bridgehead atoms. The first-order chi connectivity index (χ1) is 11.9. The van der Waals surface area contributed by atoms with Gasteiger partial charge in [-0.25, -0.2) is 0 Å². The number of hydrogen-bond donors (Lipinski definition) is 0. The van der Waals surface area contributed by atoms with Gasteiger partial charge in [-0.1, -0.05) is 117 Å². The van der Waals surface area contributed by atoms with Crippen LogP contribution in [0.3, 0.4) is 0 Å². The normalized spacial score (nSPS) is 14.2. The van der Waals surface area contributed by atoms with Gasteiger partial charge >= 0.3 is 0 Å². The quantitative estimate of drug-likeness (QED) is 0.291. The molecule has 0 atom stereocenters. The predicted octanol–water partition coefficient (Wildman–Crippen LogP) is 7.30. The molecule has 0 amide bonds. The summed E-state index contributed by atoms with van der Waals surface area (Å²) in [5.74, 6) is 0. The Hall–Kier alpha value is -0.0800. The molecule has 1 fully saturated rings. The van der Waals surface area contributed by atoms with Gasteiger partial charge in [-0.05, 0) is 0 Å². The molecule has 0 unspecified atom stereocenters. The molecule has 0 aromatic heterocycles. The molecule has 2 nitrogen and oxygen atoms in total. The Labute approximate surface area is 153 Å². The van der Waals surface area contributed by atoms with Crippen LogP contribution in [0.25, 0.3) is 0 Å². The molecule has 0 aromatic carbocycles. The van der Waals surface area contributed by atoms with Crippen molar-refractivity contribution in [3.63, 3.8) is 0 Å². The fourth-order valence-electron chi connectivity index (χ4n) is 3.06. The molecule has 0 spiro atoms. The van der Waals surface area contributed by atoms with Gasteiger partial charge in [-0.2, -0.15) is 0 Å². The zero-order valence-corrected chi connectivity index (χ0v) is 17.0. The monoisotopic (exact) mass is 342 g/mol. The Morgan fingerprint density at radius 2 is 0.583 bits per heavy atom. The zero-order valence-electron chi connectivity index (χ0n) is 17.0. The van der Waals surface area contributed by atoms with Gasteiger partial charge in [0, 0.05) is 0 Å². The lowest BCUT2D eigenvalue weighted by Crippen LogP contribution is -2.16. The van der Waals surface area contributed by atoms with Crippen LogP contribution in [0.5, 0.6) is 0 Å². The van der Waals surface area contributed by atoms with Crippen LogP contribution in [0.2, 0.25) is 0 Å². The maximum Gasteiger partial charge on any atom is 0.0701 e. The van der Waals surface area contributed by atoms with Gasteiger partial charge in [0.1, 0.15) is 0 Å². The van der Waals surface area contributed by atoms with Crippen LogP contribution in [0, 0.1) is 0 Å². The van der Waals surface area contributed by atoms with E-state index >= 15 is 0 Å². The Kier molecular flexibility index (Phi) is 22.8. The minimum Gasteiger partial charge on any atom is -0.377 e. The van der Waals surface area contributed by atoms with E-state index in [4.69, 9.17) is 9.47 Å². The highest BCUT2D eigenvalue weighted by Gasteiger charge is 1.95. The second-order valence-corrected chi connectivity index (χ2v) is 7.17. The smallest absolute Gasteiger partial charge is 0.0701 e. The van der Waals surface area contributed by atoms with Gasteiger partial charge in [0.25, 0.3) is 0 Å². The van der Waals surface area contributed by atoms with E-state index in [-0.39, 0.29) is 0 Å². The summed E-state index contributed by atoms with van der Waals surface area (Å²) in [5.41, 5.74) is 0. The lowest BCUT2D eigenvalue weighted by molar-refractivity contribution is -0.0334. The molecule has 0 aromatic rings. The average molecular weight is 343 g/mol. The molecule has 24 heavy (non-hydrogen) atoms. The highest BCUT2D eigenvalue weighted by atomic mass is 16.6. The second-order valence-electron chi connectivity index (χ2n) is 7.17. The van der Waals surface area contributed by atoms with E-state index in [0.717, 1.165) is 26.4 Å². The number of ether oxygens (including phenoxy) is 2. The minimum atomic E-state index is 0.778. The molecular weight excluding hydrogens is 296 g/mol. The van der Waals surface area contributed by atoms with E-state index in [1.54, 1.807) is 0 Å². The standard InChI is InChI=1S/C18H38.C4H8O2/c1-3-5-7-9-11-13-15-17-18-16-14-12-10-8-6-4-2;1-2-6-4-3-5-1/h3-18H2,1-2H3;1-4H2. The van der Waals surface area contributed by atoms with Gasteiger partial charge in [0.2, 0.25) is 0 Å². The summed E-state index contributed by atoms with van der Waals surface area (Å²) in [5, 5.41) is 0. The highest BCUT2D eigenvalue weighted by molar-refractivity contribution is 4.49. The van der Waals surface area contributed by atoms with Crippen molar-refractivity contribution in [1.29, 1.82) is 0 Å². The van der Waals surface area contributed by atoms with Crippen molar-refractivity contribution in [3.8, 4) is 0 Å². The number of unbranched alkanes of at least 4 members (excludes halogenated alkanes) is 15. The third-order valence-electron chi connectivity index (χ3n) is 4.70. The first kappa shape index (κ1) is 23.9. The molecule has 1 aliphatic heterocycles. The van der Waals surface area contributed by atoms with E-state index < -0.39 is 0 Å². The van der Waals surface area contributed by atoms with Crippen molar-refractivity contribution in [2.75, 3.05) is 26.4 Å².